The van der Waals surface area contributed by atoms with Crippen molar-refractivity contribution >= 4 is 46.6 Å². The zero-order valence-electron chi connectivity index (χ0n) is 12.9. The van der Waals surface area contributed by atoms with Crippen molar-refractivity contribution in [3.8, 4) is 0 Å². The maximum Gasteiger partial charge on any atom is 0.296 e. The van der Waals surface area contributed by atoms with Crippen molar-refractivity contribution < 1.29 is 13.0 Å². The molecule has 2 aromatic rings. The lowest BCUT2D eigenvalue weighted by Crippen LogP contribution is -1.98. The van der Waals surface area contributed by atoms with Crippen LogP contribution in [-0.4, -0.2) is 25.9 Å². The fraction of sp³-hybridized carbons (Fsp3) is 0. The van der Waals surface area contributed by atoms with Gasteiger partial charge in [0.15, 0.2) is 0 Å². The Morgan fingerprint density at radius 1 is 0.958 bits per heavy atom. The van der Waals surface area contributed by atoms with Gasteiger partial charge in [-0.3, -0.25) is 14.5 Å². The standard InChI is InChI=1S/C18H16N2O3S/c1-4-13-8-14(5-2)10-15(9-13)12-20-16-6-7-17(19-3)18(11-16)24(21,22)23/h4-12H,1-3H2,(H,21,22,23). The van der Waals surface area contributed by atoms with Crippen LogP contribution in [0.2, 0.25) is 0 Å². The summed E-state index contributed by atoms with van der Waals surface area (Å²) in [5.74, 6) is 0. The van der Waals surface area contributed by atoms with Crippen molar-refractivity contribution in [2.45, 2.75) is 4.90 Å². The zero-order chi connectivity index (χ0) is 17.7. The molecule has 0 radical (unpaired) electrons. The van der Waals surface area contributed by atoms with E-state index in [-0.39, 0.29) is 10.6 Å². The van der Waals surface area contributed by atoms with Gasteiger partial charge in [-0.05, 0) is 59.8 Å². The van der Waals surface area contributed by atoms with Crippen LogP contribution in [0.3, 0.4) is 0 Å². The van der Waals surface area contributed by atoms with Crippen molar-refractivity contribution in [2.75, 3.05) is 0 Å². The van der Waals surface area contributed by atoms with Crippen LogP contribution in [0.5, 0.6) is 0 Å². The molecule has 0 unspecified atom stereocenters. The third-order valence-electron chi connectivity index (χ3n) is 3.23. The van der Waals surface area contributed by atoms with Crippen molar-refractivity contribution in [3.05, 3.63) is 66.2 Å². The van der Waals surface area contributed by atoms with Crippen molar-refractivity contribution in [1.29, 1.82) is 0 Å². The van der Waals surface area contributed by atoms with Gasteiger partial charge in [0, 0.05) is 6.21 Å². The average Bonchev–Trinajstić information content (AvgIpc) is 2.58. The summed E-state index contributed by atoms with van der Waals surface area (Å²) < 4.78 is 32.1. The summed E-state index contributed by atoms with van der Waals surface area (Å²) in [6, 6.07) is 9.94. The van der Waals surface area contributed by atoms with Gasteiger partial charge in [0.2, 0.25) is 0 Å². The highest BCUT2D eigenvalue weighted by molar-refractivity contribution is 7.86. The largest absolute Gasteiger partial charge is 0.296 e. The third-order valence-corrected chi connectivity index (χ3v) is 4.11. The molecule has 0 saturated heterocycles. The van der Waals surface area contributed by atoms with E-state index in [4.69, 9.17) is 0 Å². The monoisotopic (exact) mass is 340 g/mol. The maximum atomic E-state index is 11.4. The molecule has 6 heteroatoms. The van der Waals surface area contributed by atoms with Crippen LogP contribution in [-0.2, 0) is 10.1 Å². The Bertz CT molecular complexity index is 918. The van der Waals surface area contributed by atoms with Crippen molar-refractivity contribution in [1.82, 2.24) is 0 Å². The first kappa shape index (κ1) is 17.5. The predicted molar refractivity (Wildman–Crippen MR) is 99.3 cm³/mol. The summed E-state index contributed by atoms with van der Waals surface area (Å²) in [6.07, 6.45) is 5.01. The smallest absolute Gasteiger partial charge is 0.282 e. The Balaban J connectivity index is 2.44. The molecule has 5 nitrogen and oxygen atoms in total. The van der Waals surface area contributed by atoms with Crippen LogP contribution < -0.4 is 0 Å². The lowest BCUT2D eigenvalue weighted by atomic mass is 10.1. The van der Waals surface area contributed by atoms with Gasteiger partial charge in [0.05, 0.1) is 11.4 Å². The summed E-state index contributed by atoms with van der Waals surface area (Å²) in [5, 5.41) is 0. The Kier molecular flexibility index (Phi) is 5.23. The molecule has 1 N–H and O–H groups in total. The summed E-state index contributed by atoms with van der Waals surface area (Å²) >= 11 is 0. The lowest BCUT2D eigenvalue weighted by molar-refractivity contribution is 0.483. The molecule has 0 bridgehead atoms. The molecule has 2 aromatic carbocycles. The van der Waals surface area contributed by atoms with Gasteiger partial charge in [-0.25, -0.2) is 0 Å². The van der Waals surface area contributed by atoms with E-state index in [1.54, 1.807) is 24.4 Å². The molecule has 0 heterocycles. The van der Waals surface area contributed by atoms with E-state index in [2.05, 4.69) is 29.9 Å². The molecule has 0 fully saturated rings. The first-order chi connectivity index (χ1) is 11.4. The van der Waals surface area contributed by atoms with Crippen LogP contribution in [0.4, 0.5) is 11.4 Å². The lowest BCUT2D eigenvalue weighted by Gasteiger charge is -2.04. The summed E-state index contributed by atoms with van der Waals surface area (Å²) in [7, 11) is -4.41. The topological polar surface area (TPSA) is 79.1 Å². The van der Waals surface area contributed by atoms with Gasteiger partial charge < -0.3 is 0 Å². The molecule has 0 spiro atoms. The SMILES string of the molecule is C=Cc1cc(C=C)cc(C=Nc2ccc(N=C)c(S(=O)(=O)O)c2)c1. The molecule has 0 saturated carbocycles. The molecule has 0 atom stereocenters. The highest BCUT2D eigenvalue weighted by Gasteiger charge is 2.15. The van der Waals surface area contributed by atoms with E-state index >= 15 is 0 Å². The van der Waals surface area contributed by atoms with Crippen LogP contribution >= 0.6 is 0 Å². The molecule has 0 aliphatic rings. The van der Waals surface area contributed by atoms with Gasteiger partial charge in [0.1, 0.15) is 4.90 Å². The van der Waals surface area contributed by atoms with E-state index in [1.165, 1.54) is 12.1 Å². The number of benzene rings is 2. The second-order valence-electron chi connectivity index (χ2n) is 4.88. The molecule has 2 rings (SSSR count). The quantitative estimate of drug-likeness (QED) is 0.629. The van der Waals surface area contributed by atoms with Gasteiger partial charge in [-0.1, -0.05) is 25.3 Å². The first-order valence-electron chi connectivity index (χ1n) is 6.89. The Morgan fingerprint density at radius 3 is 2.04 bits per heavy atom. The third kappa shape index (κ3) is 4.13. The fourth-order valence-corrected chi connectivity index (χ4v) is 2.75. The van der Waals surface area contributed by atoms with Crippen LogP contribution in [0.1, 0.15) is 16.7 Å². The first-order valence-corrected chi connectivity index (χ1v) is 8.33. The van der Waals surface area contributed by atoms with Gasteiger partial charge >= 0.3 is 0 Å². The number of hydrogen-bond acceptors (Lipinski definition) is 4. The molecule has 0 aliphatic carbocycles. The molecule has 0 aliphatic heterocycles. The minimum Gasteiger partial charge on any atom is -0.282 e. The second-order valence-corrected chi connectivity index (χ2v) is 6.27. The predicted octanol–water partition coefficient (Wildman–Crippen LogP) is 4.30. The number of aliphatic imine (C=N–C) groups is 2. The average molecular weight is 340 g/mol. The highest BCUT2D eigenvalue weighted by atomic mass is 32.2. The zero-order valence-corrected chi connectivity index (χ0v) is 13.7. The number of nitrogens with zero attached hydrogens (tertiary/aromatic N) is 2. The maximum absolute atomic E-state index is 11.4. The molecule has 0 amide bonds. The van der Waals surface area contributed by atoms with E-state index in [9.17, 15) is 13.0 Å². The normalized spacial score (nSPS) is 11.4. The Labute approximate surface area is 141 Å². The summed E-state index contributed by atoms with van der Waals surface area (Å²) in [4.78, 5) is 7.49. The van der Waals surface area contributed by atoms with E-state index in [0.29, 0.717) is 5.69 Å². The minimum absolute atomic E-state index is 0.0686. The summed E-state index contributed by atoms with van der Waals surface area (Å²) in [6.45, 7) is 10.8. The van der Waals surface area contributed by atoms with Crippen molar-refractivity contribution in [2.24, 2.45) is 9.98 Å². The van der Waals surface area contributed by atoms with E-state index < -0.39 is 10.1 Å². The van der Waals surface area contributed by atoms with E-state index in [1.807, 2.05) is 18.2 Å². The van der Waals surface area contributed by atoms with E-state index in [0.717, 1.165) is 16.7 Å². The molecule has 122 valence electrons. The number of rotatable bonds is 6. The molecule has 0 aromatic heterocycles. The van der Waals surface area contributed by atoms with Gasteiger partial charge in [-0.15, -0.1) is 0 Å². The van der Waals surface area contributed by atoms with Crippen LogP contribution in [0.25, 0.3) is 12.2 Å². The van der Waals surface area contributed by atoms with Crippen molar-refractivity contribution in [3.63, 3.8) is 0 Å². The van der Waals surface area contributed by atoms with Gasteiger partial charge in [-0.2, -0.15) is 8.42 Å². The van der Waals surface area contributed by atoms with Crippen LogP contribution in [0.15, 0.2) is 64.4 Å². The Morgan fingerprint density at radius 2 is 1.54 bits per heavy atom. The molecular weight excluding hydrogens is 324 g/mol. The second kappa shape index (κ2) is 7.16. The molecule has 24 heavy (non-hydrogen) atoms. The Hall–Kier alpha value is -2.83. The van der Waals surface area contributed by atoms with Crippen LogP contribution in [0, 0.1) is 0 Å². The van der Waals surface area contributed by atoms with Gasteiger partial charge in [0.25, 0.3) is 10.1 Å². The summed E-state index contributed by atoms with van der Waals surface area (Å²) in [5.41, 5.74) is 3.07. The number of hydrogen-bond donors (Lipinski definition) is 1. The molecular formula is C18H16N2O3S. The minimum atomic E-state index is -4.41. The highest BCUT2D eigenvalue weighted by Crippen LogP contribution is 2.28. The fourth-order valence-electron chi connectivity index (χ4n) is 2.08.